The van der Waals surface area contributed by atoms with Gasteiger partial charge in [0.25, 0.3) is 0 Å². The van der Waals surface area contributed by atoms with Crippen molar-refractivity contribution in [1.29, 1.82) is 0 Å². The summed E-state index contributed by atoms with van der Waals surface area (Å²) in [7, 11) is -2.73. The van der Waals surface area contributed by atoms with Crippen LogP contribution >= 0.6 is 0 Å². The van der Waals surface area contributed by atoms with Crippen LogP contribution in [0.1, 0.15) is 0 Å². The van der Waals surface area contributed by atoms with E-state index in [1.807, 2.05) is 0 Å². The third kappa shape index (κ3) is 2.34. The highest BCUT2D eigenvalue weighted by atomic mass is 32.2. The zero-order valence-corrected chi connectivity index (χ0v) is 8.95. The first-order valence-corrected chi connectivity index (χ1v) is 5.66. The number of methoxy groups -OCH3 is 1. The molecule has 0 aromatic carbocycles. The average molecular weight is 229 g/mol. The highest BCUT2D eigenvalue weighted by molar-refractivity contribution is 7.90. The standard InChI is InChI=1S/C9H11NO4S/c1-6-4-3-5-7(9(11)14-2)8(6)15(10,12)13/h3-5,8H,1H2,2H3,(H2,10,12,13). The largest absolute Gasteiger partial charge is 0.466 e. The minimum atomic E-state index is -3.90. The molecule has 0 aromatic heterocycles. The average Bonchev–Trinajstić information content (AvgIpc) is 2.14. The van der Waals surface area contributed by atoms with E-state index >= 15 is 0 Å². The van der Waals surface area contributed by atoms with Gasteiger partial charge in [0, 0.05) is 0 Å². The van der Waals surface area contributed by atoms with Crippen LogP contribution < -0.4 is 5.14 Å². The van der Waals surface area contributed by atoms with Gasteiger partial charge in [-0.05, 0) is 5.57 Å². The topological polar surface area (TPSA) is 86.5 Å². The van der Waals surface area contributed by atoms with Crippen molar-refractivity contribution in [3.8, 4) is 0 Å². The summed E-state index contributed by atoms with van der Waals surface area (Å²) in [6.45, 7) is 3.53. The molecular formula is C9H11NO4S. The molecule has 1 atom stereocenters. The quantitative estimate of drug-likeness (QED) is 0.668. The van der Waals surface area contributed by atoms with Gasteiger partial charge in [-0.2, -0.15) is 0 Å². The second-order valence-corrected chi connectivity index (χ2v) is 4.67. The Morgan fingerprint density at radius 3 is 2.67 bits per heavy atom. The number of hydrogen-bond acceptors (Lipinski definition) is 4. The molecular weight excluding hydrogens is 218 g/mol. The summed E-state index contributed by atoms with van der Waals surface area (Å²) in [5, 5.41) is 3.80. The normalized spacial score (nSPS) is 21.1. The summed E-state index contributed by atoms with van der Waals surface area (Å²) in [5.41, 5.74) is 0.230. The van der Waals surface area contributed by atoms with Crippen LogP contribution in [0.4, 0.5) is 0 Å². The van der Waals surface area contributed by atoms with E-state index in [1.54, 1.807) is 0 Å². The molecule has 0 saturated carbocycles. The van der Waals surface area contributed by atoms with Crippen LogP contribution in [0.5, 0.6) is 0 Å². The van der Waals surface area contributed by atoms with E-state index in [0.29, 0.717) is 0 Å². The number of allylic oxidation sites excluding steroid dienone is 3. The fourth-order valence-corrected chi connectivity index (χ4v) is 2.36. The molecule has 0 radical (unpaired) electrons. The van der Waals surface area contributed by atoms with Gasteiger partial charge in [0.1, 0.15) is 5.25 Å². The van der Waals surface area contributed by atoms with Crippen molar-refractivity contribution in [2.75, 3.05) is 7.11 Å². The Bertz CT molecular complexity index is 459. The lowest BCUT2D eigenvalue weighted by atomic mass is 10.0. The lowest BCUT2D eigenvalue weighted by Crippen LogP contribution is -2.35. The molecule has 5 nitrogen and oxygen atoms in total. The molecule has 0 amide bonds. The summed E-state index contributed by atoms with van der Waals surface area (Å²) in [5.74, 6) is -0.723. The van der Waals surface area contributed by atoms with Crippen molar-refractivity contribution in [2.24, 2.45) is 5.14 Å². The van der Waals surface area contributed by atoms with Gasteiger partial charge in [-0.15, -0.1) is 0 Å². The first-order valence-electron chi connectivity index (χ1n) is 4.05. The third-order valence-electron chi connectivity index (χ3n) is 1.95. The third-order valence-corrected chi connectivity index (χ3v) is 3.17. The van der Waals surface area contributed by atoms with Gasteiger partial charge in [0.15, 0.2) is 0 Å². The predicted molar refractivity (Wildman–Crippen MR) is 55.3 cm³/mol. The Labute approximate surface area is 88.0 Å². The minimum Gasteiger partial charge on any atom is -0.466 e. The number of primary sulfonamides is 1. The van der Waals surface area contributed by atoms with Crippen LogP contribution in [-0.2, 0) is 19.6 Å². The van der Waals surface area contributed by atoms with E-state index in [0.717, 1.165) is 0 Å². The fourth-order valence-electron chi connectivity index (χ4n) is 1.33. The second kappa shape index (κ2) is 4.00. The van der Waals surface area contributed by atoms with Gasteiger partial charge < -0.3 is 4.74 Å². The number of ether oxygens (including phenoxy) is 1. The molecule has 0 heterocycles. The molecule has 15 heavy (non-hydrogen) atoms. The van der Waals surface area contributed by atoms with Crippen LogP contribution in [0.3, 0.4) is 0 Å². The van der Waals surface area contributed by atoms with E-state index in [1.165, 1.54) is 25.3 Å². The Morgan fingerprint density at radius 1 is 1.60 bits per heavy atom. The van der Waals surface area contributed by atoms with Crippen LogP contribution in [0.15, 0.2) is 36.0 Å². The Hall–Kier alpha value is -1.40. The summed E-state index contributed by atoms with van der Waals surface area (Å²) < 4.78 is 27.0. The summed E-state index contributed by atoms with van der Waals surface area (Å²) in [4.78, 5) is 11.3. The molecule has 82 valence electrons. The molecule has 2 N–H and O–H groups in total. The molecule has 0 spiro atoms. The SMILES string of the molecule is C=C1C=CC=C(C(=O)OC)C1S(N)(=O)=O. The zero-order chi connectivity index (χ0) is 11.6. The van der Waals surface area contributed by atoms with Crippen LogP contribution in [0.25, 0.3) is 0 Å². The number of esters is 1. The van der Waals surface area contributed by atoms with E-state index in [4.69, 9.17) is 5.14 Å². The van der Waals surface area contributed by atoms with Gasteiger partial charge in [0.2, 0.25) is 10.0 Å². The Balaban J connectivity index is 3.23. The molecule has 1 rings (SSSR count). The number of rotatable bonds is 2. The monoisotopic (exact) mass is 229 g/mol. The maximum absolute atomic E-state index is 11.3. The van der Waals surface area contributed by atoms with Gasteiger partial charge in [-0.25, -0.2) is 18.4 Å². The maximum Gasteiger partial charge on any atom is 0.335 e. The molecule has 0 aliphatic heterocycles. The number of carbonyl (C=O) groups is 1. The fraction of sp³-hybridized carbons (Fsp3) is 0.222. The summed E-state index contributed by atoms with van der Waals surface area (Å²) in [6.07, 6.45) is 4.37. The lowest BCUT2D eigenvalue weighted by molar-refractivity contribution is -0.136. The van der Waals surface area contributed by atoms with Gasteiger partial charge in [-0.1, -0.05) is 24.8 Å². The van der Waals surface area contributed by atoms with Gasteiger partial charge in [0.05, 0.1) is 12.7 Å². The maximum atomic E-state index is 11.3. The highest BCUT2D eigenvalue weighted by Gasteiger charge is 2.33. The van der Waals surface area contributed by atoms with E-state index in [2.05, 4.69) is 11.3 Å². The Kier molecular flexibility index (Phi) is 3.11. The van der Waals surface area contributed by atoms with Crippen molar-refractivity contribution in [3.63, 3.8) is 0 Å². The predicted octanol–water partition coefficient (Wildman–Crippen LogP) is -0.131. The highest BCUT2D eigenvalue weighted by Crippen LogP contribution is 2.23. The van der Waals surface area contributed by atoms with E-state index in [9.17, 15) is 13.2 Å². The number of sulfonamides is 1. The smallest absolute Gasteiger partial charge is 0.335 e. The first kappa shape index (κ1) is 11.7. The van der Waals surface area contributed by atoms with Crippen molar-refractivity contribution in [2.45, 2.75) is 5.25 Å². The van der Waals surface area contributed by atoms with Gasteiger partial charge in [-0.3, -0.25) is 0 Å². The second-order valence-electron chi connectivity index (χ2n) is 3.02. The molecule has 0 aromatic rings. The van der Waals surface area contributed by atoms with Crippen LogP contribution in [0.2, 0.25) is 0 Å². The number of nitrogens with two attached hydrogens (primary N) is 1. The summed E-state index contributed by atoms with van der Waals surface area (Å²) >= 11 is 0. The molecule has 0 fully saturated rings. The summed E-state index contributed by atoms with van der Waals surface area (Å²) in [6, 6.07) is 0. The molecule has 6 heteroatoms. The van der Waals surface area contributed by atoms with Crippen molar-refractivity contribution in [3.05, 3.63) is 36.0 Å². The molecule has 1 aliphatic carbocycles. The molecule has 0 bridgehead atoms. The van der Waals surface area contributed by atoms with E-state index < -0.39 is 21.2 Å². The lowest BCUT2D eigenvalue weighted by Gasteiger charge is -2.19. The number of hydrogen-bond donors (Lipinski definition) is 1. The van der Waals surface area contributed by atoms with Gasteiger partial charge >= 0.3 is 5.97 Å². The Morgan fingerprint density at radius 2 is 2.20 bits per heavy atom. The van der Waals surface area contributed by atoms with Crippen molar-refractivity contribution < 1.29 is 17.9 Å². The molecule has 1 unspecified atom stereocenters. The molecule has 1 aliphatic rings. The van der Waals surface area contributed by atoms with Crippen molar-refractivity contribution >= 4 is 16.0 Å². The van der Waals surface area contributed by atoms with Crippen LogP contribution in [0, 0.1) is 0 Å². The number of carbonyl (C=O) groups excluding carboxylic acids is 1. The molecule has 0 saturated heterocycles. The minimum absolute atomic E-state index is 0.0208. The van der Waals surface area contributed by atoms with Crippen LogP contribution in [-0.4, -0.2) is 26.7 Å². The van der Waals surface area contributed by atoms with Crippen molar-refractivity contribution in [1.82, 2.24) is 0 Å². The first-order chi connectivity index (χ1) is 6.88. The zero-order valence-electron chi connectivity index (χ0n) is 8.14. The van der Waals surface area contributed by atoms with E-state index in [-0.39, 0.29) is 11.1 Å².